The topological polar surface area (TPSA) is 92.8 Å². The van der Waals surface area contributed by atoms with E-state index in [4.69, 9.17) is 5.73 Å². The van der Waals surface area contributed by atoms with Gasteiger partial charge in [0, 0.05) is 39.1 Å². The van der Waals surface area contributed by atoms with Gasteiger partial charge in [-0.05, 0) is 6.07 Å². The van der Waals surface area contributed by atoms with Crippen LogP contribution in [0.2, 0.25) is 0 Å². The molecule has 20 heavy (non-hydrogen) atoms. The predicted molar refractivity (Wildman–Crippen MR) is 75.2 cm³/mol. The van der Waals surface area contributed by atoms with Crippen molar-refractivity contribution in [2.45, 2.75) is 0 Å². The SMILES string of the molecule is Nc1n[n+]([O-])c2ccccc2[n+]1[O-].[CH]1C=CC=C1.[SnH2].[Ti]. The average molecular weight is 412 g/mol. The Hall–Kier alpha value is -1.12. The molecular weight excluding hydrogens is 399 g/mol. The van der Waals surface area contributed by atoms with Crippen molar-refractivity contribution in [1.29, 1.82) is 0 Å². The second kappa shape index (κ2) is 8.94. The van der Waals surface area contributed by atoms with E-state index in [1.54, 1.807) is 12.1 Å². The van der Waals surface area contributed by atoms with E-state index in [1.165, 1.54) is 12.1 Å². The van der Waals surface area contributed by atoms with Crippen LogP contribution in [-0.4, -0.2) is 29.0 Å². The van der Waals surface area contributed by atoms with Crippen LogP contribution >= 0.6 is 0 Å². The van der Waals surface area contributed by atoms with E-state index >= 15 is 0 Å². The Bertz CT molecular complexity index is 624. The number of anilines is 1. The fourth-order valence-electron chi connectivity index (χ4n) is 1.43. The maximum atomic E-state index is 11.3. The summed E-state index contributed by atoms with van der Waals surface area (Å²) >= 11 is 0. The monoisotopic (exact) mass is 413 g/mol. The molecule has 0 aliphatic heterocycles. The van der Waals surface area contributed by atoms with Crippen LogP contribution in [0.15, 0.2) is 48.6 Å². The average Bonchev–Trinajstić information content (AvgIpc) is 2.95. The summed E-state index contributed by atoms with van der Waals surface area (Å²) < 4.78 is 0.420. The largest absolute Gasteiger partial charge is 0 e. The van der Waals surface area contributed by atoms with E-state index in [-0.39, 0.29) is 62.6 Å². The molecule has 1 aliphatic carbocycles. The van der Waals surface area contributed by atoms with Crippen molar-refractivity contribution < 1.29 is 31.3 Å². The third kappa shape index (κ3) is 4.47. The van der Waals surface area contributed by atoms with Gasteiger partial charge in [0.25, 0.3) is 5.52 Å². The summed E-state index contributed by atoms with van der Waals surface area (Å²) in [7, 11) is 0. The van der Waals surface area contributed by atoms with Crippen molar-refractivity contribution in [2.24, 2.45) is 0 Å². The van der Waals surface area contributed by atoms with Crippen molar-refractivity contribution >= 4 is 40.9 Å². The van der Waals surface area contributed by atoms with Gasteiger partial charge in [-0.25, -0.2) is 4.73 Å². The molecule has 1 aromatic carbocycles. The van der Waals surface area contributed by atoms with Gasteiger partial charge in [-0.15, -0.1) is 0 Å². The van der Waals surface area contributed by atoms with Gasteiger partial charge in [0.2, 0.25) is 5.10 Å². The van der Waals surface area contributed by atoms with Crippen LogP contribution < -0.4 is 15.3 Å². The minimum absolute atomic E-state index is 0. The van der Waals surface area contributed by atoms with Crippen molar-refractivity contribution in [3.05, 3.63) is 65.4 Å². The molecule has 101 valence electrons. The molecule has 0 saturated carbocycles. The first-order valence-corrected chi connectivity index (χ1v) is 5.24. The summed E-state index contributed by atoms with van der Waals surface area (Å²) in [5.41, 5.74) is 5.62. The van der Waals surface area contributed by atoms with E-state index in [0.29, 0.717) is 9.58 Å². The second-order valence-corrected chi connectivity index (χ2v) is 3.48. The number of hydrogen-bond acceptors (Lipinski definition) is 4. The van der Waals surface area contributed by atoms with Crippen molar-refractivity contribution in [2.75, 3.05) is 5.73 Å². The third-order valence-electron chi connectivity index (χ3n) is 2.26. The van der Waals surface area contributed by atoms with Gasteiger partial charge in [0.15, 0.2) is 5.52 Å². The fourth-order valence-corrected chi connectivity index (χ4v) is 1.43. The number of fused-ring (bicyclic) bond motifs is 1. The zero-order valence-corrected chi connectivity index (χ0v) is 16.2. The molecule has 1 heterocycles. The molecule has 1 aliphatic rings. The van der Waals surface area contributed by atoms with E-state index < -0.39 is 0 Å². The number of nitrogen functional groups attached to an aromatic ring is 1. The minimum Gasteiger partial charge on any atom is 0 e. The molecule has 0 unspecified atom stereocenters. The first-order valence-electron chi connectivity index (χ1n) is 5.24. The van der Waals surface area contributed by atoms with Gasteiger partial charge in [-0.3, -0.25) is 5.73 Å². The third-order valence-corrected chi connectivity index (χ3v) is 2.26. The predicted octanol–water partition coefficient (Wildman–Crippen LogP) is -0.518. The molecule has 8 heteroatoms. The molecule has 0 fully saturated rings. The minimum atomic E-state index is -0.353. The summed E-state index contributed by atoms with van der Waals surface area (Å²) in [5, 5.41) is 25.7. The van der Waals surface area contributed by atoms with Crippen LogP contribution in [0.5, 0.6) is 0 Å². The maximum absolute atomic E-state index is 11.3. The second-order valence-electron chi connectivity index (χ2n) is 3.48. The molecule has 6 nitrogen and oxygen atoms in total. The Balaban J connectivity index is 0.000000443. The standard InChI is InChI=1S/C7H6N4O2.C5H5.Sn.Ti.2H/c8-7-9-11(13)6-4-2-1-3-5(6)10(7)12;1-2-4-5-3-1;;;;/h1-4H,(H2,8,9);1-5H;;;;. The summed E-state index contributed by atoms with van der Waals surface area (Å²) in [6.45, 7) is 0. The maximum Gasteiger partial charge on any atom is 0 e. The van der Waals surface area contributed by atoms with Crippen molar-refractivity contribution in [3.63, 3.8) is 0 Å². The zero-order chi connectivity index (χ0) is 13.0. The quantitative estimate of drug-likeness (QED) is 0.359. The van der Waals surface area contributed by atoms with Crippen LogP contribution in [0.1, 0.15) is 0 Å². The van der Waals surface area contributed by atoms with Gasteiger partial charge in [0.1, 0.15) is 0 Å². The van der Waals surface area contributed by atoms with Crippen LogP contribution in [0, 0.1) is 16.8 Å². The first kappa shape index (κ1) is 18.9. The summed E-state index contributed by atoms with van der Waals surface area (Å²) in [5.74, 6) is -0.353. The molecule has 0 atom stereocenters. The molecule has 0 amide bonds. The van der Waals surface area contributed by atoms with Crippen molar-refractivity contribution in [3.8, 4) is 0 Å². The van der Waals surface area contributed by atoms with Crippen LogP contribution in [0.4, 0.5) is 5.95 Å². The molecule has 0 bridgehead atoms. The Morgan fingerprint density at radius 2 is 1.50 bits per heavy atom. The van der Waals surface area contributed by atoms with Gasteiger partial charge >= 0.3 is 29.9 Å². The summed E-state index contributed by atoms with van der Waals surface area (Å²) in [6, 6.07) is 6.31. The molecule has 0 saturated heterocycles. The van der Waals surface area contributed by atoms with E-state index in [0.717, 1.165) is 0 Å². The number of nitrogens with zero attached hydrogens (tertiary/aromatic N) is 3. The van der Waals surface area contributed by atoms with Crippen LogP contribution in [0.3, 0.4) is 0 Å². The van der Waals surface area contributed by atoms with Crippen LogP contribution in [0.25, 0.3) is 11.0 Å². The number of benzene rings is 1. The van der Waals surface area contributed by atoms with E-state index in [1.807, 2.05) is 30.7 Å². The fraction of sp³-hybridized carbons (Fsp3) is 0. The first-order chi connectivity index (χ1) is 8.70. The molecule has 3 rings (SSSR count). The number of rotatable bonds is 0. The van der Waals surface area contributed by atoms with Gasteiger partial charge in [-0.1, -0.05) is 36.4 Å². The number of hydrogen-bond donors (Lipinski definition) is 1. The Morgan fingerprint density at radius 3 is 2.00 bits per heavy atom. The molecule has 0 spiro atoms. The Kier molecular flexibility index (Phi) is 8.44. The zero-order valence-electron chi connectivity index (χ0n) is 10.6. The number of nitrogens with two attached hydrogens (primary N) is 1. The molecule has 1 aromatic heterocycles. The van der Waals surface area contributed by atoms with Gasteiger partial charge in [0.05, 0.1) is 0 Å². The molecular formula is C12H13N4O2SnTi. The number of allylic oxidation sites excluding steroid dienone is 4. The Morgan fingerprint density at radius 1 is 0.950 bits per heavy atom. The molecule has 2 aromatic rings. The summed E-state index contributed by atoms with van der Waals surface area (Å²) in [6.07, 6.45) is 10.0. The van der Waals surface area contributed by atoms with Gasteiger partial charge in [-0.2, -0.15) is 0 Å². The Labute approximate surface area is 148 Å². The summed E-state index contributed by atoms with van der Waals surface area (Å²) in [4.78, 5) is 0.332. The van der Waals surface area contributed by atoms with Gasteiger partial charge < -0.3 is 10.4 Å². The number of aromatic nitrogens is 3. The number of para-hydroxylation sites is 2. The smallest absolute Gasteiger partial charge is 0 e. The van der Waals surface area contributed by atoms with Crippen LogP contribution in [-0.2, 0) is 21.7 Å². The van der Waals surface area contributed by atoms with E-state index in [9.17, 15) is 10.4 Å². The van der Waals surface area contributed by atoms with Crippen molar-refractivity contribution in [1.82, 2.24) is 5.10 Å². The van der Waals surface area contributed by atoms with E-state index in [2.05, 4.69) is 5.10 Å². The molecule has 3 radical (unpaired) electrons. The molecule has 2 N–H and O–H groups in total. The normalized spacial score (nSPS) is 11.2.